The molecule has 0 aliphatic carbocycles. The number of aromatic nitrogens is 2. The molecule has 0 aliphatic heterocycles. The van der Waals surface area contributed by atoms with Crippen LogP contribution in [-0.4, -0.2) is 21.9 Å². The number of alkyl halides is 3. The highest BCUT2D eigenvalue weighted by Crippen LogP contribution is 2.14. The van der Waals surface area contributed by atoms with E-state index in [0.717, 1.165) is 0 Å². The second-order valence-corrected chi connectivity index (χ2v) is 2.77. The summed E-state index contributed by atoms with van der Waals surface area (Å²) in [6.45, 7) is 1.23. The van der Waals surface area contributed by atoms with Crippen LogP contribution in [0.15, 0.2) is 15.8 Å². The minimum absolute atomic E-state index is 0.00650. The van der Waals surface area contributed by atoms with E-state index < -0.39 is 23.4 Å². The molecule has 0 fully saturated rings. The average Bonchev–Trinajstić information content (AvgIpc) is 2.12. The zero-order chi connectivity index (χ0) is 12.5. The number of rotatable bonds is 1. The molecule has 1 N–H and O–H groups in total. The van der Waals surface area contributed by atoms with E-state index in [0.29, 0.717) is 6.20 Å². The van der Waals surface area contributed by atoms with Gasteiger partial charge in [0.1, 0.15) is 0 Å². The van der Waals surface area contributed by atoms with Crippen LogP contribution < -0.4 is 16.1 Å². The second-order valence-electron chi connectivity index (χ2n) is 2.77. The molecular weight excluding hydrogens is 233 g/mol. The van der Waals surface area contributed by atoms with Gasteiger partial charge in [-0.3, -0.25) is 9.78 Å². The third kappa shape index (κ3) is 2.49. The highest BCUT2D eigenvalue weighted by molar-refractivity contribution is 5.75. The van der Waals surface area contributed by atoms with Gasteiger partial charge in [-0.1, -0.05) is 0 Å². The van der Waals surface area contributed by atoms with Crippen molar-refractivity contribution in [1.82, 2.24) is 9.71 Å². The molecule has 0 saturated carbocycles. The number of halogens is 3. The molecule has 88 valence electrons. The van der Waals surface area contributed by atoms with Gasteiger partial charge in [0.15, 0.2) is 0 Å². The zero-order valence-electron chi connectivity index (χ0n) is 7.79. The number of carbonyl (C=O) groups excluding carboxylic acids is 1. The Hall–Kier alpha value is -2.06. The van der Waals surface area contributed by atoms with Gasteiger partial charge in [0.05, 0.1) is 6.20 Å². The van der Waals surface area contributed by atoms with Crippen LogP contribution in [0.25, 0.3) is 0 Å². The standard InChI is InChI=1S/C7H5F3N2O4/c1-3-2-12(6(15)11-4(3)13)16-5(14)7(8,9)10/h2H,1H3,(H,11,13,15). The molecule has 0 aliphatic rings. The van der Waals surface area contributed by atoms with Crippen LogP contribution >= 0.6 is 0 Å². The van der Waals surface area contributed by atoms with Crippen LogP contribution in [0, 0.1) is 6.92 Å². The van der Waals surface area contributed by atoms with Crippen LogP contribution in [0.1, 0.15) is 5.56 Å². The van der Waals surface area contributed by atoms with Gasteiger partial charge in [0.25, 0.3) is 5.56 Å². The topological polar surface area (TPSA) is 81.2 Å². The molecule has 0 spiro atoms. The summed E-state index contributed by atoms with van der Waals surface area (Å²) in [5.41, 5.74) is -2.12. The van der Waals surface area contributed by atoms with Crippen molar-refractivity contribution in [3.05, 3.63) is 32.6 Å². The average molecular weight is 238 g/mol. The van der Waals surface area contributed by atoms with Crippen molar-refractivity contribution in [2.75, 3.05) is 0 Å². The number of aromatic amines is 1. The van der Waals surface area contributed by atoms with Gasteiger partial charge >= 0.3 is 17.8 Å². The van der Waals surface area contributed by atoms with Gasteiger partial charge in [-0.15, -0.1) is 4.73 Å². The molecule has 0 aromatic carbocycles. The highest BCUT2D eigenvalue weighted by atomic mass is 19.4. The van der Waals surface area contributed by atoms with Crippen molar-refractivity contribution in [2.45, 2.75) is 13.1 Å². The van der Waals surface area contributed by atoms with Crippen LogP contribution in [-0.2, 0) is 4.79 Å². The molecule has 0 unspecified atom stereocenters. The van der Waals surface area contributed by atoms with Crippen molar-refractivity contribution in [1.29, 1.82) is 0 Å². The van der Waals surface area contributed by atoms with Crippen LogP contribution in [0.4, 0.5) is 13.2 Å². The Bertz CT molecular complexity index is 528. The predicted molar refractivity (Wildman–Crippen MR) is 43.7 cm³/mol. The summed E-state index contributed by atoms with van der Waals surface area (Å²) in [4.78, 5) is 37.5. The Labute approximate surface area is 85.2 Å². The first-order chi connectivity index (χ1) is 7.21. The molecule has 1 aromatic heterocycles. The van der Waals surface area contributed by atoms with E-state index in [-0.39, 0.29) is 10.3 Å². The number of carbonyl (C=O) groups is 1. The van der Waals surface area contributed by atoms with Gasteiger partial charge in [-0.25, -0.2) is 9.59 Å². The summed E-state index contributed by atoms with van der Waals surface area (Å²) >= 11 is 0. The first-order valence-electron chi connectivity index (χ1n) is 3.84. The number of nitrogens with one attached hydrogen (secondary N) is 1. The molecule has 0 atom stereocenters. The zero-order valence-corrected chi connectivity index (χ0v) is 7.79. The maximum atomic E-state index is 11.8. The van der Waals surface area contributed by atoms with Crippen molar-refractivity contribution >= 4 is 5.97 Å². The quantitative estimate of drug-likeness (QED) is 0.705. The molecule has 0 bridgehead atoms. The third-order valence-corrected chi connectivity index (χ3v) is 1.50. The Kier molecular flexibility index (Phi) is 2.88. The molecule has 1 aromatic rings. The fourth-order valence-electron chi connectivity index (χ4n) is 0.753. The van der Waals surface area contributed by atoms with E-state index in [1.54, 1.807) is 4.98 Å². The van der Waals surface area contributed by atoms with Gasteiger partial charge < -0.3 is 4.84 Å². The number of hydrogen-bond donors (Lipinski definition) is 1. The summed E-state index contributed by atoms with van der Waals surface area (Å²) in [6, 6.07) is 0. The summed E-state index contributed by atoms with van der Waals surface area (Å²) in [7, 11) is 0. The third-order valence-electron chi connectivity index (χ3n) is 1.50. The van der Waals surface area contributed by atoms with Gasteiger partial charge in [-0.2, -0.15) is 13.2 Å². The van der Waals surface area contributed by atoms with Gasteiger partial charge in [0.2, 0.25) is 0 Å². The first-order valence-corrected chi connectivity index (χ1v) is 3.84. The Morgan fingerprint density at radius 3 is 2.50 bits per heavy atom. The summed E-state index contributed by atoms with van der Waals surface area (Å²) < 4.78 is 35.4. The molecule has 6 nitrogen and oxygen atoms in total. The summed E-state index contributed by atoms with van der Waals surface area (Å²) in [5.74, 6) is -2.55. The fraction of sp³-hybridized carbons (Fsp3) is 0.286. The molecule has 16 heavy (non-hydrogen) atoms. The van der Waals surface area contributed by atoms with Gasteiger partial charge in [0, 0.05) is 5.56 Å². The van der Waals surface area contributed by atoms with E-state index in [9.17, 15) is 27.6 Å². The van der Waals surface area contributed by atoms with E-state index in [4.69, 9.17) is 0 Å². The number of aryl methyl sites for hydroxylation is 1. The van der Waals surface area contributed by atoms with Crippen LogP contribution in [0.2, 0.25) is 0 Å². The molecule has 0 amide bonds. The number of H-pyrrole nitrogens is 1. The first kappa shape index (κ1) is 12.0. The summed E-state index contributed by atoms with van der Waals surface area (Å²) in [6.07, 6.45) is -4.53. The lowest BCUT2D eigenvalue weighted by molar-refractivity contribution is -0.200. The number of hydrogen-bond acceptors (Lipinski definition) is 4. The Morgan fingerprint density at radius 1 is 1.44 bits per heavy atom. The largest absolute Gasteiger partial charge is 0.493 e. The lowest BCUT2D eigenvalue weighted by atomic mass is 10.4. The SMILES string of the molecule is Cc1cn(OC(=O)C(F)(F)F)c(=O)[nH]c1=O. The monoisotopic (exact) mass is 238 g/mol. The maximum Gasteiger partial charge on any atom is 0.493 e. The second kappa shape index (κ2) is 3.83. The van der Waals surface area contributed by atoms with E-state index >= 15 is 0 Å². The van der Waals surface area contributed by atoms with Crippen LogP contribution in [0.3, 0.4) is 0 Å². The molecule has 1 rings (SSSR count). The molecule has 1 heterocycles. The van der Waals surface area contributed by atoms with E-state index in [2.05, 4.69) is 4.84 Å². The molecule has 9 heteroatoms. The Morgan fingerprint density at radius 2 is 2.00 bits per heavy atom. The highest BCUT2D eigenvalue weighted by Gasteiger charge is 2.42. The van der Waals surface area contributed by atoms with E-state index in [1.807, 2.05) is 0 Å². The van der Waals surface area contributed by atoms with Crippen molar-refractivity contribution in [3.63, 3.8) is 0 Å². The minimum atomic E-state index is -5.22. The van der Waals surface area contributed by atoms with Crippen molar-refractivity contribution in [2.24, 2.45) is 0 Å². The normalized spacial score (nSPS) is 11.2. The summed E-state index contributed by atoms with van der Waals surface area (Å²) in [5, 5.41) is 0. The van der Waals surface area contributed by atoms with Crippen LogP contribution in [0.5, 0.6) is 0 Å². The molecular formula is C7H5F3N2O4. The molecule has 0 saturated heterocycles. The van der Waals surface area contributed by atoms with Crippen molar-refractivity contribution in [3.8, 4) is 0 Å². The Balaban J connectivity index is 3.09. The lowest BCUT2D eigenvalue weighted by Crippen LogP contribution is -2.41. The smallest absolute Gasteiger partial charge is 0.323 e. The maximum absolute atomic E-state index is 11.8. The van der Waals surface area contributed by atoms with E-state index in [1.165, 1.54) is 6.92 Å². The lowest BCUT2D eigenvalue weighted by Gasteiger charge is -2.07. The molecule has 0 radical (unpaired) electrons. The minimum Gasteiger partial charge on any atom is -0.323 e. The van der Waals surface area contributed by atoms with Gasteiger partial charge in [-0.05, 0) is 6.92 Å². The fourth-order valence-corrected chi connectivity index (χ4v) is 0.753. The predicted octanol–water partition coefficient (Wildman–Crippen LogP) is -0.637. The van der Waals surface area contributed by atoms with Crippen molar-refractivity contribution < 1.29 is 22.8 Å². The number of nitrogens with zero attached hydrogens (tertiary/aromatic N) is 1.